The number of carbonyl (C=O) groups is 2. The van der Waals surface area contributed by atoms with E-state index >= 15 is 0 Å². The van der Waals surface area contributed by atoms with E-state index in [1.165, 1.54) is 12.8 Å². The maximum absolute atomic E-state index is 12.4. The number of amides is 1. The van der Waals surface area contributed by atoms with Crippen LogP contribution in [0.25, 0.3) is 0 Å². The molecule has 1 N–H and O–H groups in total. The fourth-order valence-electron chi connectivity index (χ4n) is 2.80. The zero-order valence-electron chi connectivity index (χ0n) is 11.6. The van der Waals surface area contributed by atoms with Crippen molar-refractivity contribution in [2.45, 2.75) is 39.0 Å². The topological polar surface area (TPSA) is 46.2 Å². The Labute approximate surface area is 113 Å². The van der Waals surface area contributed by atoms with Crippen LogP contribution >= 0.6 is 0 Å². The van der Waals surface area contributed by atoms with Crippen LogP contribution in [0.1, 0.15) is 49.5 Å². The number of hydrogen-bond acceptors (Lipinski definition) is 2. The molecule has 1 unspecified atom stereocenters. The van der Waals surface area contributed by atoms with Gasteiger partial charge >= 0.3 is 0 Å². The van der Waals surface area contributed by atoms with Crippen LogP contribution in [0.4, 0.5) is 5.69 Å². The van der Waals surface area contributed by atoms with Gasteiger partial charge in [0.25, 0.3) is 0 Å². The highest BCUT2D eigenvalue weighted by Gasteiger charge is 2.39. The summed E-state index contributed by atoms with van der Waals surface area (Å²) in [5, 5.41) is 2.87. The lowest BCUT2D eigenvalue weighted by molar-refractivity contribution is -0.119. The molecule has 0 bridgehead atoms. The van der Waals surface area contributed by atoms with E-state index < -0.39 is 5.41 Å². The van der Waals surface area contributed by atoms with Gasteiger partial charge in [-0.15, -0.1) is 0 Å². The number of rotatable bonds is 3. The van der Waals surface area contributed by atoms with Crippen molar-refractivity contribution in [3.8, 4) is 0 Å². The minimum absolute atomic E-state index is 0.00217. The molecule has 1 aromatic rings. The van der Waals surface area contributed by atoms with Gasteiger partial charge < -0.3 is 5.32 Å². The molecule has 1 saturated carbocycles. The molecule has 3 rings (SSSR count). The molecule has 0 saturated heterocycles. The maximum atomic E-state index is 12.4. The Balaban J connectivity index is 1.96. The first-order valence-corrected chi connectivity index (χ1v) is 6.91. The number of fused-ring (bicyclic) bond motifs is 1. The van der Waals surface area contributed by atoms with E-state index in [0.29, 0.717) is 5.92 Å². The summed E-state index contributed by atoms with van der Waals surface area (Å²) in [5.41, 5.74) is 1.97. The highest BCUT2D eigenvalue weighted by molar-refractivity contribution is 6.07. The predicted molar refractivity (Wildman–Crippen MR) is 74.3 cm³/mol. The molecule has 3 nitrogen and oxygen atoms in total. The van der Waals surface area contributed by atoms with Gasteiger partial charge in [-0.25, -0.2) is 0 Å². The first-order chi connectivity index (χ1) is 8.91. The van der Waals surface area contributed by atoms with Gasteiger partial charge in [-0.05, 0) is 56.4 Å². The summed E-state index contributed by atoms with van der Waals surface area (Å²) >= 11 is 0. The van der Waals surface area contributed by atoms with Crippen molar-refractivity contribution in [2.75, 3.05) is 5.32 Å². The number of carbonyl (C=O) groups excluding carboxylic acids is 2. The van der Waals surface area contributed by atoms with Crippen molar-refractivity contribution in [1.29, 1.82) is 0 Å². The third kappa shape index (κ3) is 1.88. The average Bonchev–Trinajstić information content (AvgIpc) is 3.18. The minimum atomic E-state index is -0.547. The number of nitrogens with one attached hydrogen (secondary N) is 1. The number of benzene rings is 1. The van der Waals surface area contributed by atoms with Crippen LogP contribution in [0.5, 0.6) is 0 Å². The van der Waals surface area contributed by atoms with Crippen molar-refractivity contribution >= 4 is 17.4 Å². The lowest BCUT2D eigenvalue weighted by Gasteiger charge is -2.16. The Morgan fingerprint density at radius 2 is 2.05 bits per heavy atom. The highest BCUT2D eigenvalue weighted by Crippen LogP contribution is 2.40. The van der Waals surface area contributed by atoms with Gasteiger partial charge in [0.15, 0.2) is 5.78 Å². The first kappa shape index (κ1) is 12.4. The minimum Gasteiger partial charge on any atom is -0.325 e. The smallest absolute Gasteiger partial charge is 0.234 e. The Morgan fingerprint density at radius 1 is 1.37 bits per heavy atom. The average molecular weight is 257 g/mol. The van der Waals surface area contributed by atoms with Crippen LogP contribution in [-0.4, -0.2) is 11.7 Å². The molecule has 1 aliphatic carbocycles. The van der Waals surface area contributed by atoms with Crippen LogP contribution in [0.3, 0.4) is 0 Å². The third-order valence-electron chi connectivity index (χ3n) is 4.54. The van der Waals surface area contributed by atoms with Crippen molar-refractivity contribution in [3.63, 3.8) is 0 Å². The Hall–Kier alpha value is -1.64. The quantitative estimate of drug-likeness (QED) is 0.845. The molecular weight excluding hydrogens is 238 g/mol. The van der Waals surface area contributed by atoms with Crippen LogP contribution in [0.2, 0.25) is 0 Å². The van der Waals surface area contributed by atoms with E-state index in [0.717, 1.165) is 16.8 Å². The van der Waals surface area contributed by atoms with Gasteiger partial charge in [0.2, 0.25) is 5.91 Å². The monoisotopic (exact) mass is 257 g/mol. The fourth-order valence-corrected chi connectivity index (χ4v) is 2.80. The van der Waals surface area contributed by atoms with Gasteiger partial charge in [0.05, 0.1) is 5.41 Å². The van der Waals surface area contributed by atoms with E-state index in [1.807, 2.05) is 39.0 Å². The molecule has 1 aliphatic heterocycles. The van der Waals surface area contributed by atoms with Gasteiger partial charge in [-0.3, -0.25) is 9.59 Å². The van der Waals surface area contributed by atoms with Crippen molar-refractivity contribution in [3.05, 3.63) is 29.3 Å². The molecule has 3 heteroatoms. The molecule has 0 radical (unpaired) electrons. The maximum Gasteiger partial charge on any atom is 0.234 e. The van der Waals surface area contributed by atoms with Crippen LogP contribution < -0.4 is 5.32 Å². The van der Waals surface area contributed by atoms with E-state index in [9.17, 15) is 9.59 Å². The van der Waals surface area contributed by atoms with Crippen molar-refractivity contribution < 1.29 is 9.59 Å². The molecule has 1 atom stereocenters. The Bertz CT molecular complexity index is 570. The van der Waals surface area contributed by atoms with Crippen molar-refractivity contribution in [2.24, 2.45) is 11.8 Å². The predicted octanol–water partition coefficient (Wildman–Crippen LogP) is 3.15. The molecule has 1 amide bonds. The molecule has 0 aromatic heterocycles. The molecule has 0 spiro atoms. The number of anilines is 1. The van der Waals surface area contributed by atoms with Gasteiger partial charge in [0.1, 0.15) is 0 Å². The highest BCUT2D eigenvalue weighted by atomic mass is 16.2. The molecule has 2 aliphatic rings. The zero-order chi connectivity index (χ0) is 13.8. The van der Waals surface area contributed by atoms with Crippen LogP contribution in [0.15, 0.2) is 18.2 Å². The second-order valence-corrected chi connectivity index (χ2v) is 6.33. The fraction of sp³-hybridized carbons (Fsp3) is 0.500. The van der Waals surface area contributed by atoms with Crippen LogP contribution in [-0.2, 0) is 10.2 Å². The van der Waals surface area contributed by atoms with Crippen molar-refractivity contribution in [1.82, 2.24) is 0 Å². The summed E-state index contributed by atoms with van der Waals surface area (Å²) in [4.78, 5) is 24.3. The number of Topliss-reactive ketones (excluding diaryl/α,β-unsaturated/α-hetero) is 1. The number of hydrogen-bond donors (Lipinski definition) is 1. The summed E-state index contributed by atoms with van der Waals surface area (Å²) < 4.78 is 0. The molecule has 1 heterocycles. The number of ketones is 1. The lowest BCUT2D eigenvalue weighted by Crippen LogP contribution is -2.27. The Kier molecular flexibility index (Phi) is 2.56. The van der Waals surface area contributed by atoms with Crippen LogP contribution in [0, 0.1) is 11.8 Å². The van der Waals surface area contributed by atoms with Gasteiger partial charge in [0, 0.05) is 17.2 Å². The van der Waals surface area contributed by atoms with E-state index in [-0.39, 0.29) is 17.6 Å². The van der Waals surface area contributed by atoms with Gasteiger partial charge in [-0.1, -0.05) is 6.92 Å². The second kappa shape index (κ2) is 3.92. The standard InChI is InChI=1S/C16H19NO2/c1-9(10-4-5-10)14(18)11-6-7-13-12(8-11)16(2,3)15(19)17-13/h6-10H,4-5H2,1-3H3,(H,17,19). The zero-order valence-corrected chi connectivity index (χ0v) is 11.6. The van der Waals surface area contributed by atoms with Gasteiger partial charge in [-0.2, -0.15) is 0 Å². The summed E-state index contributed by atoms with van der Waals surface area (Å²) in [6, 6.07) is 5.59. The molecule has 1 fully saturated rings. The Morgan fingerprint density at radius 3 is 2.68 bits per heavy atom. The summed E-state index contributed by atoms with van der Waals surface area (Å²) in [6.45, 7) is 5.81. The summed E-state index contributed by atoms with van der Waals surface area (Å²) in [6.07, 6.45) is 2.34. The van der Waals surface area contributed by atoms with E-state index in [1.54, 1.807) is 0 Å². The molecular formula is C16H19NO2. The molecule has 1 aromatic carbocycles. The van der Waals surface area contributed by atoms with E-state index in [4.69, 9.17) is 0 Å². The summed E-state index contributed by atoms with van der Waals surface area (Å²) in [5.74, 6) is 0.877. The normalized spacial score (nSPS) is 21.7. The molecule has 19 heavy (non-hydrogen) atoms. The third-order valence-corrected chi connectivity index (χ3v) is 4.54. The first-order valence-electron chi connectivity index (χ1n) is 6.91. The SMILES string of the molecule is CC(C(=O)c1ccc2c(c1)C(C)(C)C(=O)N2)C1CC1. The molecule has 100 valence electrons. The summed E-state index contributed by atoms with van der Waals surface area (Å²) in [7, 11) is 0. The van der Waals surface area contributed by atoms with E-state index in [2.05, 4.69) is 5.32 Å². The lowest BCUT2D eigenvalue weighted by atomic mass is 9.84. The second-order valence-electron chi connectivity index (χ2n) is 6.33. The largest absolute Gasteiger partial charge is 0.325 e.